The maximum Gasteiger partial charge on any atom is 0.244 e. The Kier molecular flexibility index (Phi) is 4.29. The van der Waals surface area contributed by atoms with Gasteiger partial charge in [-0.25, -0.2) is 0 Å². The molecule has 1 amide bonds. The van der Waals surface area contributed by atoms with Crippen LogP contribution in [0, 0.1) is 16.7 Å². The maximum absolute atomic E-state index is 12.2. The minimum absolute atomic E-state index is 0.137. The lowest BCUT2D eigenvalue weighted by Crippen LogP contribution is -2.40. The lowest BCUT2D eigenvalue weighted by Gasteiger charge is -2.33. The molecule has 1 fully saturated rings. The fourth-order valence-corrected chi connectivity index (χ4v) is 2.13. The number of nitrogens with one attached hydrogen (secondary N) is 1. The standard InChI is InChI=1S/C16H20N2O2/c1-3-12(2)20-14-7-4-6-13(10-14)18-15(19)16(11-17)8-5-9-16/h4,6-7,10,12H,3,5,8-9H2,1-2H3,(H,18,19). The fraction of sp³-hybridized carbons (Fsp3) is 0.500. The van der Waals surface area contributed by atoms with E-state index >= 15 is 0 Å². The third-order valence-electron chi connectivity index (χ3n) is 3.86. The van der Waals surface area contributed by atoms with Crippen molar-refractivity contribution in [3.8, 4) is 11.8 Å². The zero-order chi connectivity index (χ0) is 14.6. The van der Waals surface area contributed by atoms with Crippen molar-refractivity contribution >= 4 is 11.6 Å². The molecule has 2 rings (SSSR count). The molecule has 1 aromatic carbocycles. The van der Waals surface area contributed by atoms with E-state index in [4.69, 9.17) is 10.00 Å². The summed E-state index contributed by atoms with van der Waals surface area (Å²) in [6.07, 6.45) is 3.31. The minimum atomic E-state index is -0.826. The number of hydrogen-bond acceptors (Lipinski definition) is 3. The van der Waals surface area contributed by atoms with Crippen LogP contribution < -0.4 is 10.1 Å². The Morgan fingerprint density at radius 1 is 1.55 bits per heavy atom. The van der Waals surface area contributed by atoms with E-state index in [9.17, 15) is 4.79 Å². The van der Waals surface area contributed by atoms with Crippen LogP contribution in [-0.2, 0) is 4.79 Å². The van der Waals surface area contributed by atoms with Crippen molar-refractivity contribution in [2.24, 2.45) is 5.41 Å². The van der Waals surface area contributed by atoms with Gasteiger partial charge in [-0.05, 0) is 44.7 Å². The van der Waals surface area contributed by atoms with Gasteiger partial charge in [0.05, 0.1) is 12.2 Å². The van der Waals surface area contributed by atoms with Crippen LogP contribution in [0.1, 0.15) is 39.5 Å². The van der Waals surface area contributed by atoms with Gasteiger partial charge in [-0.1, -0.05) is 13.0 Å². The molecule has 0 radical (unpaired) electrons. The number of carbonyl (C=O) groups is 1. The van der Waals surface area contributed by atoms with E-state index in [2.05, 4.69) is 18.3 Å². The first kappa shape index (κ1) is 14.4. The highest BCUT2D eigenvalue weighted by atomic mass is 16.5. The Balaban J connectivity index is 2.05. The normalized spacial score (nSPS) is 17.4. The third kappa shape index (κ3) is 2.93. The Bertz CT molecular complexity index is 530. The number of amides is 1. The second-order valence-electron chi connectivity index (χ2n) is 5.37. The summed E-state index contributed by atoms with van der Waals surface area (Å²) < 4.78 is 5.72. The average Bonchev–Trinajstić information content (AvgIpc) is 2.38. The van der Waals surface area contributed by atoms with Crippen LogP contribution in [0.2, 0.25) is 0 Å². The van der Waals surface area contributed by atoms with E-state index < -0.39 is 5.41 Å². The molecular formula is C16H20N2O2. The summed E-state index contributed by atoms with van der Waals surface area (Å²) in [5.74, 6) is 0.531. The van der Waals surface area contributed by atoms with Crippen molar-refractivity contribution < 1.29 is 9.53 Å². The van der Waals surface area contributed by atoms with Gasteiger partial charge in [-0.15, -0.1) is 0 Å². The summed E-state index contributed by atoms with van der Waals surface area (Å²) in [5.41, 5.74) is -0.148. The zero-order valence-corrected chi connectivity index (χ0v) is 12.0. The van der Waals surface area contributed by atoms with Gasteiger partial charge >= 0.3 is 0 Å². The maximum atomic E-state index is 12.2. The van der Waals surface area contributed by atoms with Crippen molar-refractivity contribution in [1.82, 2.24) is 0 Å². The van der Waals surface area contributed by atoms with Crippen molar-refractivity contribution in [3.63, 3.8) is 0 Å². The molecule has 0 heterocycles. The van der Waals surface area contributed by atoms with E-state index in [0.717, 1.165) is 18.6 Å². The van der Waals surface area contributed by atoms with E-state index in [0.29, 0.717) is 18.5 Å². The topological polar surface area (TPSA) is 62.1 Å². The highest BCUT2D eigenvalue weighted by Gasteiger charge is 2.44. The highest BCUT2D eigenvalue weighted by Crippen LogP contribution is 2.41. The number of nitrogens with zero attached hydrogens (tertiary/aromatic N) is 1. The van der Waals surface area contributed by atoms with Crippen molar-refractivity contribution in [2.45, 2.75) is 45.6 Å². The molecule has 0 bridgehead atoms. The van der Waals surface area contributed by atoms with Crippen LogP contribution in [-0.4, -0.2) is 12.0 Å². The number of rotatable bonds is 5. The van der Waals surface area contributed by atoms with Gasteiger partial charge in [0.2, 0.25) is 5.91 Å². The van der Waals surface area contributed by atoms with Gasteiger partial charge in [-0.2, -0.15) is 5.26 Å². The van der Waals surface area contributed by atoms with Crippen LogP contribution in [0.4, 0.5) is 5.69 Å². The molecule has 1 unspecified atom stereocenters. The van der Waals surface area contributed by atoms with Crippen LogP contribution in [0.3, 0.4) is 0 Å². The van der Waals surface area contributed by atoms with Crippen LogP contribution >= 0.6 is 0 Å². The summed E-state index contributed by atoms with van der Waals surface area (Å²) in [6, 6.07) is 9.46. The first-order valence-electron chi connectivity index (χ1n) is 7.09. The molecule has 1 aliphatic rings. The zero-order valence-electron chi connectivity index (χ0n) is 12.0. The summed E-state index contributed by atoms with van der Waals surface area (Å²) >= 11 is 0. The Hall–Kier alpha value is -2.02. The third-order valence-corrected chi connectivity index (χ3v) is 3.86. The summed E-state index contributed by atoms with van der Waals surface area (Å²) in [6.45, 7) is 4.06. The molecule has 0 saturated heterocycles. The molecule has 0 spiro atoms. The molecule has 1 aromatic rings. The molecule has 0 aromatic heterocycles. The van der Waals surface area contributed by atoms with Gasteiger partial charge in [0.1, 0.15) is 11.2 Å². The summed E-state index contributed by atoms with van der Waals surface area (Å²) in [5, 5.41) is 12.0. The molecule has 0 aliphatic heterocycles. The van der Waals surface area contributed by atoms with Crippen molar-refractivity contribution in [1.29, 1.82) is 5.26 Å². The summed E-state index contributed by atoms with van der Waals surface area (Å²) in [4.78, 5) is 12.2. The predicted molar refractivity (Wildman–Crippen MR) is 77.3 cm³/mol. The quantitative estimate of drug-likeness (QED) is 0.892. The molecule has 1 N–H and O–H groups in total. The second-order valence-corrected chi connectivity index (χ2v) is 5.37. The second kappa shape index (κ2) is 5.96. The average molecular weight is 272 g/mol. The first-order chi connectivity index (χ1) is 9.59. The van der Waals surface area contributed by atoms with Crippen LogP contribution in [0.15, 0.2) is 24.3 Å². The monoisotopic (exact) mass is 272 g/mol. The van der Waals surface area contributed by atoms with E-state index in [1.54, 1.807) is 6.07 Å². The van der Waals surface area contributed by atoms with Crippen LogP contribution in [0.25, 0.3) is 0 Å². The lowest BCUT2D eigenvalue weighted by atomic mass is 9.69. The Morgan fingerprint density at radius 2 is 2.30 bits per heavy atom. The van der Waals surface area contributed by atoms with Gasteiger partial charge < -0.3 is 10.1 Å². The number of nitriles is 1. The van der Waals surface area contributed by atoms with E-state index in [1.807, 2.05) is 25.1 Å². The van der Waals surface area contributed by atoms with Crippen molar-refractivity contribution in [3.05, 3.63) is 24.3 Å². The van der Waals surface area contributed by atoms with Gasteiger partial charge in [-0.3, -0.25) is 4.79 Å². The van der Waals surface area contributed by atoms with Gasteiger partial charge in [0.25, 0.3) is 0 Å². The molecule has 20 heavy (non-hydrogen) atoms. The molecule has 4 nitrogen and oxygen atoms in total. The number of ether oxygens (including phenoxy) is 1. The van der Waals surface area contributed by atoms with Crippen LogP contribution in [0.5, 0.6) is 5.75 Å². The number of benzene rings is 1. The molecule has 1 aliphatic carbocycles. The number of carbonyl (C=O) groups excluding carboxylic acids is 1. The predicted octanol–water partition coefficient (Wildman–Crippen LogP) is 3.50. The minimum Gasteiger partial charge on any atom is -0.491 e. The highest BCUT2D eigenvalue weighted by molar-refractivity contribution is 5.97. The molecule has 1 saturated carbocycles. The SMILES string of the molecule is CCC(C)Oc1cccc(NC(=O)C2(C#N)CCC2)c1. The lowest BCUT2D eigenvalue weighted by molar-refractivity contribution is -0.126. The Labute approximate surface area is 119 Å². The number of anilines is 1. The largest absolute Gasteiger partial charge is 0.491 e. The van der Waals surface area contributed by atoms with E-state index in [-0.39, 0.29) is 12.0 Å². The van der Waals surface area contributed by atoms with E-state index in [1.165, 1.54) is 0 Å². The van der Waals surface area contributed by atoms with Crippen molar-refractivity contribution in [2.75, 3.05) is 5.32 Å². The first-order valence-corrected chi connectivity index (χ1v) is 7.09. The van der Waals surface area contributed by atoms with Gasteiger partial charge in [0, 0.05) is 11.8 Å². The molecule has 4 heteroatoms. The molecule has 106 valence electrons. The fourth-order valence-electron chi connectivity index (χ4n) is 2.13. The number of hydrogen-bond donors (Lipinski definition) is 1. The molecule has 1 atom stereocenters. The van der Waals surface area contributed by atoms with Gasteiger partial charge in [0.15, 0.2) is 0 Å². The Morgan fingerprint density at radius 3 is 2.85 bits per heavy atom. The molecular weight excluding hydrogens is 252 g/mol. The smallest absolute Gasteiger partial charge is 0.244 e. The summed E-state index contributed by atoms with van der Waals surface area (Å²) in [7, 11) is 0.